The van der Waals surface area contributed by atoms with Crippen molar-refractivity contribution in [2.24, 2.45) is 0 Å². The van der Waals surface area contributed by atoms with Crippen LogP contribution in [0.1, 0.15) is 5.56 Å². The average Bonchev–Trinajstić information content (AvgIpc) is 3.39. The summed E-state index contributed by atoms with van der Waals surface area (Å²) >= 11 is 4.72. The standard InChI is InChI=1S/C21H18N2O2S3/c1-3-10-23-20(24)18-16(17-5-4-11-26-17)13-27-19(18)22-21(23)28-12-14-6-8-15(25-2)9-7-14/h3-9,11,13H,1,10,12H2,2H3. The number of fused-ring (bicyclic) bond motifs is 1. The predicted octanol–water partition coefficient (Wildman–Crippen LogP) is 5.67. The van der Waals surface area contributed by atoms with Crippen molar-refractivity contribution in [1.82, 2.24) is 9.55 Å². The second kappa shape index (κ2) is 8.34. The van der Waals surface area contributed by atoms with Gasteiger partial charge in [-0.05, 0) is 29.1 Å². The smallest absolute Gasteiger partial charge is 0.263 e. The summed E-state index contributed by atoms with van der Waals surface area (Å²) in [6.07, 6.45) is 1.74. The molecule has 3 heterocycles. The summed E-state index contributed by atoms with van der Waals surface area (Å²) in [6, 6.07) is 12.0. The molecule has 0 radical (unpaired) electrons. The van der Waals surface area contributed by atoms with Gasteiger partial charge in [0.15, 0.2) is 5.16 Å². The van der Waals surface area contributed by atoms with E-state index in [1.165, 1.54) is 11.3 Å². The van der Waals surface area contributed by atoms with E-state index in [0.29, 0.717) is 17.1 Å². The Bertz CT molecular complexity index is 1160. The normalized spacial score (nSPS) is 11.0. The van der Waals surface area contributed by atoms with Crippen LogP contribution in [0.15, 0.2) is 69.8 Å². The van der Waals surface area contributed by atoms with Gasteiger partial charge in [0.05, 0.1) is 12.5 Å². The second-order valence-electron chi connectivity index (χ2n) is 6.04. The summed E-state index contributed by atoms with van der Waals surface area (Å²) < 4.78 is 6.92. The largest absolute Gasteiger partial charge is 0.497 e. The highest BCUT2D eigenvalue weighted by atomic mass is 32.2. The van der Waals surface area contributed by atoms with Gasteiger partial charge >= 0.3 is 0 Å². The van der Waals surface area contributed by atoms with Crippen LogP contribution in [0.25, 0.3) is 20.7 Å². The molecule has 0 amide bonds. The lowest BCUT2D eigenvalue weighted by Crippen LogP contribution is -2.22. The summed E-state index contributed by atoms with van der Waals surface area (Å²) in [6.45, 7) is 4.25. The molecule has 7 heteroatoms. The van der Waals surface area contributed by atoms with Gasteiger partial charge in [0.25, 0.3) is 5.56 Å². The molecular formula is C21H18N2O2S3. The zero-order chi connectivity index (χ0) is 19.5. The summed E-state index contributed by atoms with van der Waals surface area (Å²) in [5.41, 5.74) is 2.11. The molecule has 0 atom stereocenters. The zero-order valence-electron chi connectivity index (χ0n) is 15.3. The maximum Gasteiger partial charge on any atom is 0.263 e. The number of hydrogen-bond donors (Lipinski definition) is 0. The lowest BCUT2D eigenvalue weighted by Gasteiger charge is -2.11. The van der Waals surface area contributed by atoms with Crippen molar-refractivity contribution in [2.75, 3.05) is 7.11 Å². The van der Waals surface area contributed by atoms with Gasteiger partial charge in [-0.25, -0.2) is 4.98 Å². The monoisotopic (exact) mass is 426 g/mol. The van der Waals surface area contributed by atoms with Crippen LogP contribution in [0, 0.1) is 0 Å². The summed E-state index contributed by atoms with van der Waals surface area (Å²) in [5.74, 6) is 1.55. The molecule has 28 heavy (non-hydrogen) atoms. The van der Waals surface area contributed by atoms with Crippen molar-refractivity contribution in [3.63, 3.8) is 0 Å². The Morgan fingerprint density at radius 1 is 1.25 bits per heavy atom. The van der Waals surface area contributed by atoms with E-state index in [1.54, 1.807) is 40.9 Å². The number of thioether (sulfide) groups is 1. The van der Waals surface area contributed by atoms with Crippen molar-refractivity contribution in [2.45, 2.75) is 17.5 Å². The third-order valence-electron chi connectivity index (χ3n) is 4.28. The van der Waals surface area contributed by atoms with Crippen molar-refractivity contribution in [1.29, 1.82) is 0 Å². The van der Waals surface area contributed by atoms with Gasteiger partial charge in [-0.1, -0.05) is 36.0 Å². The first-order valence-electron chi connectivity index (χ1n) is 8.64. The molecule has 4 nitrogen and oxygen atoms in total. The molecule has 0 aliphatic heterocycles. The van der Waals surface area contributed by atoms with E-state index in [9.17, 15) is 4.79 Å². The van der Waals surface area contributed by atoms with Crippen LogP contribution in [0.5, 0.6) is 5.75 Å². The molecule has 4 rings (SSSR count). The Balaban J connectivity index is 1.72. The van der Waals surface area contributed by atoms with Gasteiger partial charge in [-0.15, -0.1) is 29.3 Å². The van der Waals surface area contributed by atoms with Crippen LogP contribution in [-0.2, 0) is 12.3 Å². The molecule has 4 aromatic rings. The first-order chi connectivity index (χ1) is 13.7. The Morgan fingerprint density at radius 2 is 2.07 bits per heavy atom. The molecule has 0 saturated heterocycles. The van der Waals surface area contributed by atoms with Crippen LogP contribution >= 0.6 is 34.4 Å². The fourth-order valence-corrected chi connectivity index (χ4v) is 5.66. The topological polar surface area (TPSA) is 44.1 Å². The van der Waals surface area contributed by atoms with Gasteiger partial charge in [0.1, 0.15) is 10.6 Å². The van der Waals surface area contributed by atoms with Crippen molar-refractivity contribution in [3.8, 4) is 16.2 Å². The molecule has 0 saturated carbocycles. The maximum atomic E-state index is 13.3. The van der Waals surface area contributed by atoms with E-state index >= 15 is 0 Å². The fraction of sp³-hybridized carbons (Fsp3) is 0.143. The number of aromatic nitrogens is 2. The number of ether oxygens (including phenoxy) is 1. The molecule has 0 unspecified atom stereocenters. The number of allylic oxidation sites excluding steroid dienone is 1. The molecule has 1 aromatic carbocycles. The third kappa shape index (κ3) is 3.65. The minimum atomic E-state index is -0.00761. The van der Waals surface area contributed by atoms with Gasteiger partial charge in [0.2, 0.25) is 0 Å². The molecule has 0 aliphatic rings. The average molecular weight is 427 g/mol. The van der Waals surface area contributed by atoms with Crippen molar-refractivity contribution < 1.29 is 4.74 Å². The minimum Gasteiger partial charge on any atom is -0.497 e. The van der Waals surface area contributed by atoms with Crippen molar-refractivity contribution in [3.05, 3.63) is 75.7 Å². The lowest BCUT2D eigenvalue weighted by molar-refractivity contribution is 0.414. The van der Waals surface area contributed by atoms with Crippen LogP contribution in [0.4, 0.5) is 0 Å². The Kier molecular flexibility index (Phi) is 5.66. The maximum absolute atomic E-state index is 13.3. The molecule has 142 valence electrons. The number of nitrogens with zero attached hydrogens (tertiary/aromatic N) is 2. The van der Waals surface area contributed by atoms with E-state index in [0.717, 1.165) is 32.3 Å². The number of rotatable bonds is 7. The number of benzene rings is 1. The summed E-state index contributed by atoms with van der Waals surface area (Å²) in [4.78, 5) is 20.0. The highest BCUT2D eigenvalue weighted by molar-refractivity contribution is 7.98. The van der Waals surface area contributed by atoms with Gasteiger partial charge < -0.3 is 4.74 Å². The van der Waals surface area contributed by atoms with E-state index < -0.39 is 0 Å². The summed E-state index contributed by atoms with van der Waals surface area (Å²) in [5, 5.41) is 5.46. The summed E-state index contributed by atoms with van der Waals surface area (Å²) in [7, 11) is 1.66. The van der Waals surface area contributed by atoms with Crippen LogP contribution in [0.2, 0.25) is 0 Å². The molecule has 0 aliphatic carbocycles. The number of thiophene rings is 2. The quantitative estimate of drug-likeness (QED) is 0.217. The van der Waals surface area contributed by atoms with Crippen LogP contribution < -0.4 is 10.3 Å². The predicted molar refractivity (Wildman–Crippen MR) is 120 cm³/mol. The zero-order valence-corrected chi connectivity index (χ0v) is 17.7. The molecule has 0 bridgehead atoms. The molecule has 0 fully saturated rings. The van der Waals surface area contributed by atoms with Gasteiger partial charge in [-0.2, -0.15) is 0 Å². The Morgan fingerprint density at radius 3 is 2.75 bits per heavy atom. The van der Waals surface area contributed by atoms with E-state index in [4.69, 9.17) is 9.72 Å². The lowest BCUT2D eigenvalue weighted by atomic mass is 10.2. The van der Waals surface area contributed by atoms with E-state index in [2.05, 4.69) is 6.58 Å². The highest BCUT2D eigenvalue weighted by Gasteiger charge is 2.17. The van der Waals surface area contributed by atoms with Crippen molar-refractivity contribution >= 4 is 44.7 Å². The first-order valence-corrected chi connectivity index (χ1v) is 11.4. The van der Waals surface area contributed by atoms with Crippen LogP contribution in [-0.4, -0.2) is 16.7 Å². The molecule has 3 aromatic heterocycles. The first kappa shape index (κ1) is 19.0. The Hall–Kier alpha value is -2.35. The van der Waals surface area contributed by atoms with Gasteiger partial charge in [0, 0.05) is 28.1 Å². The number of methoxy groups -OCH3 is 1. The SMILES string of the molecule is C=CCn1c(SCc2ccc(OC)cc2)nc2scc(-c3cccs3)c2c1=O. The third-order valence-corrected chi connectivity index (χ3v) is 7.11. The molecule has 0 spiro atoms. The van der Waals surface area contributed by atoms with E-state index in [-0.39, 0.29) is 5.56 Å². The van der Waals surface area contributed by atoms with Crippen LogP contribution in [0.3, 0.4) is 0 Å². The van der Waals surface area contributed by atoms with E-state index in [1.807, 2.05) is 47.2 Å². The minimum absolute atomic E-state index is 0.00761. The van der Waals surface area contributed by atoms with Gasteiger partial charge in [-0.3, -0.25) is 9.36 Å². The molecule has 0 N–H and O–H groups in total. The molecular weight excluding hydrogens is 408 g/mol. The number of hydrogen-bond acceptors (Lipinski definition) is 6. The fourth-order valence-electron chi connectivity index (χ4n) is 2.89. The highest BCUT2D eigenvalue weighted by Crippen LogP contribution is 2.35. The Labute approximate surface area is 175 Å². The second-order valence-corrected chi connectivity index (χ2v) is 8.79.